The molecular weight excluding hydrogens is 360 g/mol. The average molecular weight is 362 g/mol. The van der Waals surface area contributed by atoms with Crippen LogP contribution in [0.4, 0.5) is 30.7 Å². The van der Waals surface area contributed by atoms with Gasteiger partial charge in [0, 0.05) is 18.2 Å². The Hall–Kier alpha value is -0.380. The highest BCUT2D eigenvalue weighted by molar-refractivity contribution is 7.92. The van der Waals surface area contributed by atoms with Gasteiger partial charge in [-0.1, -0.05) is 23.2 Å². The summed E-state index contributed by atoms with van der Waals surface area (Å²) in [5, 5.41) is -6.82. The van der Waals surface area contributed by atoms with Gasteiger partial charge in [-0.3, -0.25) is 0 Å². The molecule has 0 aliphatic heterocycles. The van der Waals surface area contributed by atoms with E-state index in [-0.39, 0.29) is 0 Å². The van der Waals surface area contributed by atoms with Crippen LogP contribution >= 0.6 is 23.2 Å². The lowest BCUT2D eigenvalue weighted by Gasteiger charge is -2.28. The molecule has 20 heavy (non-hydrogen) atoms. The number of rotatable bonds is 3. The second kappa shape index (κ2) is 5.43. The van der Waals surface area contributed by atoms with E-state index in [1.165, 1.54) is 0 Å². The summed E-state index contributed by atoms with van der Waals surface area (Å²) in [4.78, 5) is -1.08. The smallest absolute Gasteiger partial charge is 0.486 e. The summed E-state index contributed by atoms with van der Waals surface area (Å²) in [5.41, 5.74) is 0. The second-order valence-corrected chi connectivity index (χ2v) is 5.71. The van der Waals surface area contributed by atoms with E-state index in [2.05, 4.69) is 6.07 Å². The van der Waals surface area contributed by atoms with E-state index in [9.17, 15) is 35.3 Å². The molecular formula is C9H2Cl2F7OS. The molecule has 0 saturated carbocycles. The summed E-state index contributed by atoms with van der Waals surface area (Å²) in [6.45, 7) is 0. The van der Waals surface area contributed by atoms with Crippen LogP contribution in [0.25, 0.3) is 0 Å². The minimum Gasteiger partial charge on any atom is -0.607 e. The van der Waals surface area contributed by atoms with Crippen molar-refractivity contribution in [1.82, 2.24) is 0 Å². The first kappa shape index (κ1) is 17.7. The van der Waals surface area contributed by atoms with E-state index in [0.717, 1.165) is 0 Å². The predicted octanol–water partition coefficient (Wildman–Crippen LogP) is 4.69. The monoisotopic (exact) mass is 361 g/mol. The lowest BCUT2D eigenvalue weighted by molar-refractivity contribution is -0.332. The van der Waals surface area contributed by atoms with Crippen molar-refractivity contribution in [3.63, 3.8) is 0 Å². The molecule has 0 bridgehead atoms. The molecule has 11 heteroatoms. The zero-order valence-corrected chi connectivity index (χ0v) is 11.2. The summed E-state index contributed by atoms with van der Waals surface area (Å²) in [6, 6.07) is 3.14. The number of alkyl halides is 7. The fraction of sp³-hybridized carbons (Fsp3) is 0.333. The topological polar surface area (TPSA) is 23.1 Å². The molecule has 0 heterocycles. The Kier molecular flexibility index (Phi) is 4.80. The van der Waals surface area contributed by atoms with Gasteiger partial charge in [-0.15, -0.1) is 8.78 Å². The first-order valence-corrected chi connectivity index (χ1v) is 6.34. The Morgan fingerprint density at radius 3 is 1.70 bits per heavy atom. The summed E-state index contributed by atoms with van der Waals surface area (Å²) < 4.78 is 98.9. The third-order valence-corrected chi connectivity index (χ3v) is 3.74. The minimum atomic E-state index is -6.57. The van der Waals surface area contributed by atoms with Crippen LogP contribution in [0.3, 0.4) is 0 Å². The van der Waals surface area contributed by atoms with E-state index in [1.807, 2.05) is 0 Å². The number of benzene rings is 1. The van der Waals surface area contributed by atoms with Gasteiger partial charge in [0.1, 0.15) is 0 Å². The normalized spacial score (nSPS) is 15.3. The molecule has 1 atom stereocenters. The van der Waals surface area contributed by atoms with Crippen molar-refractivity contribution in [2.24, 2.45) is 0 Å². The molecule has 1 radical (unpaired) electrons. The zero-order chi connectivity index (χ0) is 15.9. The maximum Gasteiger partial charge on any atom is 0.486 e. The number of halogens is 9. The highest BCUT2D eigenvalue weighted by atomic mass is 35.5. The molecule has 0 aliphatic rings. The predicted molar refractivity (Wildman–Crippen MR) is 57.7 cm³/mol. The van der Waals surface area contributed by atoms with Crippen LogP contribution in [-0.2, 0) is 11.2 Å². The van der Waals surface area contributed by atoms with Crippen molar-refractivity contribution in [2.75, 3.05) is 0 Å². The van der Waals surface area contributed by atoms with Crippen LogP contribution in [-0.4, -0.2) is 21.9 Å². The molecule has 0 amide bonds. The molecule has 0 aliphatic carbocycles. The zero-order valence-electron chi connectivity index (χ0n) is 8.87. The van der Waals surface area contributed by atoms with Crippen LogP contribution in [0.5, 0.6) is 0 Å². The number of hydrogen-bond donors (Lipinski definition) is 0. The van der Waals surface area contributed by atoms with Crippen molar-refractivity contribution in [3.05, 3.63) is 28.2 Å². The summed E-state index contributed by atoms with van der Waals surface area (Å²) >= 11 is 6.62. The Morgan fingerprint density at radius 2 is 1.35 bits per heavy atom. The largest absolute Gasteiger partial charge is 0.607 e. The molecule has 0 aromatic heterocycles. The van der Waals surface area contributed by atoms with Gasteiger partial charge in [-0.2, -0.15) is 22.0 Å². The molecule has 1 aromatic carbocycles. The molecule has 1 nitrogen and oxygen atoms in total. The molecule has 0 fully saturated rings. The molecule has 113 valence electrons. The van der Waals surface area contributed by atoms with Crippen LogP contribution in [0.15, 0.2) is 17.0 Å². The average Bonchev–Trinajstić information content (AvgIpc) is 2.24. The quantitative estimate of drug-likeness (QED) is 0.565. The van der Waals surface area contributed by atoms with Crippen LogP contribution in [0.1, 0.15) is 0 Å². The lowest BCUT2D eigenvalue weighted by Crippen LogP contribution is -2.55. The Balaban J connectivity index is 3.27. The summed E-state index contributed by atoms with van der Waals surface area (Å²) in [7, 11) is 0. The lowest BCUT2D eigenvalue weighted by atomic mass is 10.3. The first-order valence-electron chi connectivity index (χ1n) is 4.43. The summed E-state index contributed by atoms with van der Waals surface area (Å²) in [5.74, 6) is -6.48. The number of hydrogen-bond acceptors (Lipinski definition) is 1. The van der Waals surface area contributed by atoms with Crippen molar-refractivity contribution < 1.29 is 35.3 Å². The Labute approximate surface area is 120 Å². The van der Waals surface area contributed by atoms with E-state index in [0.29, 0.717) is 12.1 Å². The van der Waals surface area contributed by atoms with Gasteiger partial charge < -0.3 is 4.55 Å². The highest BCUT2D eigenvalue weighted by Crippen LogP contribution is 2.50. The minimum absolute atomic E-state index is 0.466. The standard InChI is InChI=1S/C9H2Cl2F7OS/c10-4-1-5(11)3-6(2-4)20(19)9(17,18)7(12,13)8(14,15)16/h2-3H. The highest BCUT2D eigenvalue weighted by Gasteiger charge is 2.80. The molecule has 1 unspecified atom stereocenters. The van der Waals surface area contributed by atoms with Gasteiger partial charge in [0.2, 0.25) is 0 Å². The third kappa shape index (κ3) is 3.10. The van der Waals surface area contributed by atoms with Crippen molar-refractivity contribution in [3.8, 4) is 0 Å². The van der Waals surface area contributed by atoms with Crippen molar-refractivity contribution in [1.29, 1.82) is 0 Å². The van der Waals surface area contributed by atoms with Gasteiger partial charge in [0.15, 0.2) is 4.90 Å². The Bertz CT molecular complexity index is 485. The molecule has 1 aromatic rings. The third-order valence-electron chi connectivity index (χ3n) is 1.95. The van der Waals surface area contributed by atoms with Gasteiger partial charge >= 0.3 is 17.4 Å². The van der Waals surface area contributed by atoms with E-state index in [4.69, 9.17) is 23.2 Å². The SMILES string of the molecule is [O-][S+](c1cc(Cl)[c]c(Cl)c1)C(F)(F)C(F)(F)C(F)(F)F. The maximum atomic E-state index is 13.2. The van der Waals surface area contributed by atoms with Crippen LogP contribution in [0.2, 0.25) is 10.0 Å². The fourth-order valence-corrected chi connectivity index (χ4v) is 2.73. The molecule has 0 saturated heterocycles. The van der Waals surface area contributed by atoms with Gasteiger partial charge in [0.05, 0.1) is 21.2 Å². The first-order chi connectivity index (χ1) is 8.80. The van der Waals surface area contributed by atoms with Gasteiger partial charge in [-0.25, -0.2) is 0 Å². The van der Waals surface area contributed by atoms with Crippen LogP contribution < -0.4 is 0 Å². The van der Waals surface area contributed by atoms with E-state index >= 15 is 0 Å². The van der Waals surface area contributed by atoms with Crippen LogP contribution in [0, 0.1) is 6.07 Å². The summed E-state index contributed by atoms with van der Waals surface area (Å²) in [6.07, 6.45) is -6.57. The van der Waals surface area contributed by atoms with Gasteiger partial charge in [0.25, 0.3) is 0 Å². The fourth-order valence-electron chi connectivity index (χ4n) is 1.01. The molecule has 0 N–H and O–H groups in total. The molecule has 1 rings (SSSR count). The van der Waals surface area contributed by atoms with E-state index in [1.54, 1.807) is 0 Å². The van der Waals surface area contributed by atoms with E-state index < -0.39 is 43.5 Å². The van der Waals surface area contributed by atoms with Gasteiger partial charge in [-0.05, 0) is 0 Å². The second-order valence-electron chi connectivity index (χ2n) is 3.37. The molecule has 0 spiro atoms. The Morgan fingerprint density at radius 1 is 0.950 bits per heavy atom. The van der Waals surface area contributed by atoms with Crippen molar-refractivity contribution >= 4 is 34.4 Å². The van der Waals surface area contributed by atoms with Crippen molar-refractivity contribution in [2.45, 2.75) is 22.2 Å². The maximum absolute atomic E-state index is 13.2.